The summed E-state index contributed by atoms with van der Waals surface area (Å²) in [5.74, 6) is -0.566. The van der Waals surface area contributed by atoms with Crippen molar-refractivity contribution in [3.8, 4) is 11.1 Å². The number of nitrogens with zero attached hydrogens (tertiary/aromatic N) is 5. The molecule has 9 nitrogen and oxygen atoms in total. The molecule has 2 aromatic heterocycles. The van der Waals surface area contributed by atoms with Crippen LogP contribution < -0.4 is 5.32 Å². The van der Waals surface area contributed by atoms with Gasteiger partial charge in [-0.25, -0.2) is 19.4 Å². The first-order chi connectivity index (χ1) is 21.1. The van der Waals surface area contributed by atoms with Crippen molar-refractivity contribution in [1.29, 1.82) is 0 Å². The average Bonchev–Trinajstić information content (AvgIpc) is 3.64. The zero-order chi connectivity index (χ0) is 31.0. The molecule has 2 amide bonds. The number of fused-ring (bicyclic) bond motifs is 1. The molecule has 0 spiro atoms. The Morgan fingerprint density at radius 1 is 1.07 bits per heavy atom. The maximum absolute atomic E-state index is 15.9. The van der Waals surface area contributed by atoms with Crippen LogP contribution in [0.15, 0.2) is 90.5 Å². The molecule has 2 aliphatic rings. The minimum Gasteiger partial charge on any atom is -0.343 e. The number of halogens is 2. The highest BCUT2D eigenvalue weighted by molar-refractivity contribution is 6.30. The Balaban J connectivity index is 1.20. The molecule has 4 aromatic rings. The number of carbonyl (C=O) groups excluding carboxylic acids is 3. The van der Waals surface area contributed by atoms with Crippen molar-refractivity contribution in [2.24, 2.45) is 5.10 Å². The number of ketones is 1. The van der Waals surface area contributed by atoms with E-state index < -0.39 is 29.0 Å². The summed E-state index contributed by atoms with van der Waals surface area (Å²) in [6.45, 7) is 3.09. The highest BCUT2D eigenvalue weighted by Gasteiger charge is 2.44. The van der Waals surface area contributed by atoms with Crippen LogP contribution in [0.5, 0.6) is 0 Å². The van der Waals surface area contributed by atoms with Crippen LogP contribution in [0, 0.1) is 6.92 Å². The molecule has 1 N–H and O–H groups in total. The van der Waals surface area contributed by atoms with Crippen LogP contribution in [0.3, 0.4) is 0 Å². The summed E-state index contributed by atoms with van der Waals surface area (Å²) in [4.78, 5) is 47.9. The number of benzene rings is 2. The number of rotatable bonds is 7. The van der Waals surface area contributed by atoms with Crippen LogP contribution in [-0.4, -0.2) is 60.6 Å². The van der Waals surface area contributed by atoms with Crippen LogP contribution in [0.4, 0.5) is 4.39 Å². The summed E-state index contributed by atoms with van der Waals surface area (Å²) in [5.41, 5.74) is 3.57. The number of hydrogen-bond acceptors (Lipinski definition) is 6. The predicted molar refractivity (Wildman–Crippen MR) is 167 cm³/mol. The van der Waals surface area contributed by atoms with Crippen molar-refractivity contribution in [3.63, 3.8) is 0 Å². The fourth-order valence-electron chi connectivity index (χ4n) is 5.48. The van der Waals surface area contributed by atoms with Gasteiger partial charge in [0.25, 0.3) is 5.91 Å². The quantitative estimate of drug-likeness (QED) is 0.227. The molecule has 3 heterocycles. The molecule has 11 heteroatoms. The molecule has 222 valence electrons. The molecule has 44 heavy (non-hydrogen) atoms. The topological polar surface area (TPSA) is 110 Å². The zero-order valence-electron chi connectivity index (χ0n) is 23.9. The molecule has 3 unspecified atom stereocenters. The SMILES string of the molecule is CC(=O)c1cn(CC(=O)N2N=CCC2C(=O)NC2C=CC=C(c3ccccc3)C2(F)Cl)c2ccc(-c3cnc(C)nc3)cc12. The smallest absolute Gasteiger partial charge is 0.263 e. The summed E-state index contributed by atoms with van der Waals surface area (Å²) < 4.78 is 17.6. The van der Waals surface area contributed by atoms with E-state index in [0.29, 0.717) is 27.9 Å². The van der Waals surface area contributed by atoms with Crippen LogP contribution >= 0.6 is 11.6 Å². The maximum atomic E-state index is 15.9. The van der Waals surface area contributed by atoms with E-state index >= 15 is 4.39 Å². The van der Waals surface area contributed by atoms with E-state index in [1.165, 1.54) is 19.2 Å². The standard InChI is InChI=1S/C33H28ClFN6O3/c1-20(42)26-18-40(28-12-11-23(15-25(26)28)24-16-36-21(2)37-17-24)19-31(43)41-29(13-14-38-41)32(44)39-30-10-6-9-27(33(30,34)35)22-7-4-3-5-8-22/h3-12,14-18,29-30H,13,19H2,1-2H3,(H,39,44). The second kappa shape index (κ2) is 11.6. The number of hydrogen-bond donors (Lipinski definition) is 1. The molecule has 2 aromatic carbocycles. The number of aromatic nitrogens is 3. The Bertz CT molecular complexity index is 1860. The lowest BCUT2D eigenvalue weighted by Crippen LogP contribution is -2.53. The highest BCUT2D eigenvalue weighted by Crippen LogP contribution is 2.40. The summed E-state index contributed by atoms with van der Waals surface area (Å²) in [6, 6.07) is 12.3. The first kappa shape index (κ1) is 29.1. The maximum Gasteiger partial charge on any atom is 0.263 e. The van der Waals surface area contributed by atoms with Gasteiger partial charge < -0.3 is 9.88 Å². The fraction of sp³-hybridized carbons (Fsp3) is 0.212. The summed E-state index contributed by atoms with van der Waals surface area (Å²) in [7, 11) is 0. The normalized spacial score (nSPS) is 21.0. The molecule has 0 radical (unpaired) electrons. The minimum atomic E-state index is -2.41. The Labute approximate surface area is 257 Å². The van der Waals surface area contributed by atoms with Crippen molar-refractivity contribution in [2.75, 3.05) is 0 Å². The van der Waals surface area contributed by atoms with Gasteiger partial charge in [-0.15, -0.1) is 0 Å². The van der Waals surface area contributed by atoms with Crippen LogP contribution in [0.2, 0.25) is 0 Å². The van der Waals surface area contributed by atoms with Gasteiger partial charge >= 0.3 is 0 Å². The molecule has 1 aliphatic heterocycles. The fourth-order valence-corrected chi connectivity index (χ4v) is 5.78. The van der Waals surface area contributed by atoms with E-state index in [-0.39, 0.29) is 24.3 Å². The van der Waals surface area contributed by atoms with Gasteiger partial charge in [0.05, 0.1) is 0 Å². The molecular weight excluding hydrogens is 583 g/mol. The Morgan fingerprint density at radius 2 is 1.82 bits per heavy atom. The van der Waals surface area contributed by atoms with E-state index in [4.69, 9.17) is 11.6 Å². The molecular formula is C33H28ClFN6O3. The Hall–Kier alpha value is -4.96. The Kier molecular flexibility index (Phi) is 7.69. The molecule has 0 fully saturated rings. The van der Waals surface area contributed by atoms with Gasteiger partial charge in [-0.1, -0.05) is 66.2 Å². The third-order valence-electron chi connectivity index (χ3n) is 7.77. The first-order valence-corrected chi connectivity index (χ1v) is 14.4. The average molecular weight is 611 g/mol. The van der Waals surface area contributed by atoms with Gasteiger partial charge in [0.1, 0.15) is 24.5 Å². The van der Waals surface area contributed by atoms with E-state index in [0.717, 1.165) is 16.1 Å². The largest absolute Gasteiger partial charge is 0.343 e. The van der Waals surface area contributed by atoms with Gasteiger partial charge in [-0.3, -0.25) is 14.4 Å². The van der Waals surface area contributed by atoms with Gasteiger partial charge in [0, 0.05) is 58.8 Å². The summed E-state index contributed by atoms with van der Waals surface area (Å²) in [5, 5.41) is 6.19. The lowest BCUT2D eigenvalue weighted by molar-refractivity contribution is -0.140. The van der Waals surface area contributed by atoms with E-state index in [1.807, 2.05) is 24.3 Å². The first-order valence-electron chi connectivity index (χ1n) is 14.0. The number of Topliss-reactive ketones (excluding diaryl/α,β-unsaturated/α-hetero) is 1. The number of hydrazone groups is 1. The van der Waals surface area contributed by atoms with Crippen molar-refractivity contribution in [3.05, 3.63) is 102 Å². The lowest BCUT2D eigenvalue weighted by Gasteiger charge is -2.33. The lowest BCUT2D eigenvalue weighted by atomic mass is 9.91. The van der Waals surface area contributed by atoms with Gasteiger partial charge in [-0.05, 0) is 37.1 Å². The zero-order valence-corrected chi connectivity index (χ0v) is 24.7. The van der Waals surface area contributed by atoms with Crippen LogP contribution in [0.25, 0.3) is 27.6 Å². The monoisotopic (exact) mass is 610 g/mol. The van der Waals surface area contributed by atoms with Crippen molar-refractivity contribution < 1.29 is 18.8 Å². The number of allylic oxidation sites excluding steroid dienone is 2. The third kappa shape index (κ3) is 5.44. The van der Waals surface area contributed by atoms with Crippen molar-refractivity contribution >= 4 is 51.9 Å². The summed E-state index contributed by atoms with van der Waals surface area (Å²) >= 11 is 6.39. The number of carbonyl (C=O) groups is 3. The molecule has 0 saturated heterocycles. The Morgan fingerprint density at radius 3 is 2.55 bits per heavy atom. The van der Waals surface area contributed by atoms with E-state index in [2.05, 4.69) is 20.4 Å². The van der Waals surface area contributed by atoms with Gasteiger partial charge in [0.2, 0.25) is 11.0 Å². The van der Waals surface area contributed by atoms with Crippen LogP contribution in [-0.2, 0) is 16.1 Å². The van der Waals surface area contributed by atoms with Crippen LogP contribution in [0.1, 0.15) is 35.1 Å². The second-order valence-electron chi connectivity index (χ2n) is 10.7. The van der Waals surface area contributed by atoms with Crippen molar-refractivity contribution in [2.45, 2.75) is 44.0 Å². The molecule has 0 saturated carbocycles. The predicted octanol–water partition coefficient (Wildman–Crippen LogP) is 5.24. The molecule has 1 aliphatic carbocycles. The van der Waals surface area contributed by atoms with E-state index in [1.54, 1.807) is 66.5 Å². The minimum absolute atomic E-state index is 0.157. The summed E-state index contributed by atoms with van der Waals surface area (Å²) in [6.07, 6.45) is 11.4. The molecule has 3 atom stereocenters. The van der Waals surface area contributed by atoms with E-state index in [9.17, 15) is 14.4 Å². The number of nitrogens with one attached hydrogen (secondary N) is 1. The van der Waals surface area contributed by atoms with Crippen molar-refractivity contribution in [1.82, 2.24) is 24.9 Å². The number of alkyl halides is 2. The second-order valence-corrected chi connectivity index (χ2v) is 11.3. The number of amides is 2. The van der Waals surface area contributed by atoms with Gasteiger partial charge in [-0.2, -0.15) is 5.10 Å². The molecule has 6 rings (SSSR count). The molecule has 0 bridgehead atoms. The third-order valence-corrected chi connectivity index (χ3v) is 8.21. The number of aryl methyl sites for hydroxylation is 1. The highest BCUT2D eigenvalue weighted by atomic mass is 35.5. The van der Waals surface area contributed by atoms with Gasteiger partial charge in [0.15, 0.2) is 5.78 Å².